The van der Waals surface area contributed by atoms with Gasteiger partial charge in [-0.3, -0.25) is 4.79 Å². The Kier molecular flexibility index (Phi) is 3.88. The van der Waals surface area contributed by atoms with Crippen molar-refractivity contribution < 1.29 is 13.2 Å². The van der Waals surface area contributed by atoms with Crippen molar-refractivity contribution in [1.29, 1.82) is 0 Å². The summed E-state index contributed by atoms with van der Waals surface area (Å²) >= 11 is 0. The molecule has 0 radical (unpaired) electrons. The Morgan fingerprint density at radius 2 is 1.95 bits per heavy atom. The van der Waals surface area contributed by atoms with Gasteiger partial charge in [-0.15, -0.1) is 0 Å². The van der Waals surface area contributed by atoms with Crippen LogP contribution in [0.1, 0.15) is 39.2 Å². The molecule has 0 aromatic heterocycles. The van der Waals surface area contributed by atoms with Crippen molar-refractivity contribution in [2.75, 3.05) is 5.32 Å². The maximum atomic E-state index is 12.2. The molecule has 5 nitrogen and oxygen atoms in total. The topological polar surface area (TPSA) is 89.3 Å². The summed E-state index contributed by atoms with van der Waals surface area (Å²) in [5, 5.41) is 2.75. The van der Waals surface area contributed by atoms with Crippen LogP contribution >= 0.6 is 0 Å². The van der Waals surface area contributed by atoms with Crippen molar-refractivity contribution in [1.82, 2.24) is 0 Å². The van der Waals surface area contributed by atoms with E-state index >= 15 is 0 Å². The summed E-state index contributed by atoms with van der Waals surface area (Å²) in [6, 6.07) is 6.90. The number of amides is 1. The Balaban J connectivity index is 2.13. The van der Waals surface area contributed by atoms with Crippen molar-refractivity contribution in [3.8, 4) is 0 Å². The van der Waals surface area contributed by atoms with E-state index in [9.17, 15) is 13.2 Å². The third-order valence-corrected chi connectivity index (χ3v) is 6.29. The van der Waals surface area contributed by atoms with Crippen LogP contribution < -0.4 is 11.1 Å². The minimum Gasteiger partial charge on any atom is -0.324 e. The number of anilines is 1. The lowest BCUT2D eigenvalue weighted by atomic mass is 10.2. The Morgan fingerprint density at radius 3 is 2.48 bits per heavy atom. The Labute approximate surface area is 125 Å². The maximum absolute atomic E-state index is 12.2. The van der Waals surface area contributed by atoms with E-state index in [-0.39, 0.29) is 11.7 Å². The molecule has 0 aliphatic heterocycles. The molecule has 1 aliphatic carbocycles. The zero-order chi connectivity index (χ0) is 15.9. The summed E-state index contributed by atoms with van der Waals surface area (Å²) in [4.78, 5) is 11.9. The summed E-state index contributed by atoms with van der Waals surface area (Å²) in [6.07, 6.45) is 1.38. The highest BCUT2D eigenvalue weighted by Crippen LogP contribution is 2.33. The highest BCUT2D eigenvalue weighted by molar-refractivity contribution is 7.91. The first-order valence-corrected chi connectivity index (χ1v) is 8.60. The molecule has 1 amide bonds. The second-order valence-corrected chi connectivity index (χ2v) is 9.43. The number of benzene rings is 1. The SMILES string of the molecule is CC(C)(C)S(=O)(=O)Cc1cccc(NC(=O)C2(N)CC2)c1. The van der Waals surface area contributed by atoms with Gasteiger partial charge in [-0.05, 0) is 51.3 Å². The van der Waals surface area contributed by atoms with Gasteiger partial charge in [-0.1, -0.05) is 12.1 Å². The first-order chi connectivity index (χ1) is 9.53. The molecule has 1 aromatic carbocycles. The van der Waals surface area contributed by atoms with Crippen molar-refractivity contribution in [2.45, 2.75) is 49.7 Å². The van der Waals surface area contributed by atoms with E-state index in [0.29, 0.717) is 24.1 Å². The predicted octanol–water partition coefficient (Wildman–Crippen LogP) is 1.83. The average molecular weight is 310 g/mol. The number of rotatable bonds is 4. The van der Waals surface area contributed by atoms with Crippen LogP contribution in [0.4, 0.5) is 5.69 Å². The Bertz CT molecular complexity index is 656. The van der Waals surface area contributed by atoms with E-state index in [4.69, 9.17) is 5.73 Å². The fourth-order valence-electron chi connectivity index (χ4n) is 1.79. The summed E-state index contributed by atoms with van der Waals surface area (Å²) < 4.78 is 23.6. The lowest BCUT2D eigenvalue weighted by molar-refractivity contribution is -0.118. The van der Waals surface area contributed by atoms with Gasteiger partial charge in [-0.25, -0.2) is 8.42 Å². The standard InChI is InChI=1S/C15H22N2O3S/c1-14(2,3)21(19,20)10-11-5-4-6-12(9-11)17-13(18)15(16)7-8-15/h4-6,9H,7-8,10,16H2,1-3H3,(H,17,18). The third kappa shape index (κ3) is 3.63. The Morgan fingerprint density at radius 1 is 1.33 bits per heavy atom. The number of carbonyl (C=O) groups excluding carboxylic acids is 1. The van der Waals surface area contributed by atoms with Gasteiger partial charge < -0.3 is 11.1 Å². The molecule has 1 saturated carbocycles. The smallest absolute Gasteiger partial charge is 0.244 e. The molecule has 0 spiro atoms. The van der Waals surface area contributed by atoms with E-state index < -0.39 is 20.1 Å². The van der Waals surface area contributed by atoms with E-state index in [0.717, 1.165) is 0 Å². The molecule has 0 bridgehead atoms. The average Bonchev–Trinajstić information content (AvgIpc) is 3.07. The predicted molar refractivity (Wildman–Crippen MR) is 83.6 cm³/mol. The molecule has 0 unspecified atom stereocenters. The van der Waals surface area contributed by atoms with E-state index in [1.54, 1.807) is 45.0 Å². The van der Waals surface area contributed by atoms with Crippen LogP contribution in [0.3, 0.4) is 0 Å². The number of nitrogens with two attached hydrogens (primary N) is 1. The van der Waals surface area contributed by atoms with Gasteiger partial charge in [0.15, 0.2) is 9.84 Å². The fraction of sp³-hybridized carbons (Fsp3) is 0.533. The third-order valence-electron chi connectivity index (χ3n) is 3.72. The number of hydrogen-bond acceptors (Lipinski definition) is 4. The van der Waals surface area contributed by atoms with Crippen molar-refractivity contribution >= 4 is 21.4 Å². The molecular formula is C15H22N2O3S. The van der Waals surface area contributed by atoms with Crippen LogP contribution in [-0.4, -0.2) is 24.6 Å². The minimum atomic E-state index is -3.25. The second-order valence-electron chi connectivity index (χ2n) is 6.68. The number of sulfone groups is 1. The van der Waals surface area contributed by atoms with Crippen LogP contribution in [0.15, 0.2) is 24.3 Å². The molecule has 0 heterocycles. The molecule has 2 rings (SSSR count). The van der Waals surface area contributed by atoms with Crippen molar-refractivity contribution in [3.05, 3.63) is 29.8 Å². The zero-order valence-corrected chi connectivity index (χ0v) is 13.5. The van der Waals surface area contributed by atoms with E-state index in [1.165, 1.54) is 0 Å². The first kappa shape index (κ1) is 16.0. The van der Waals surface area contributed by atoms with E-state index in [1.807, 2.05) is 0 Å². The number of nitrogens with one attached hydrogen (secondary N) is 1. The van der Waals surface area contributed by atoms with Crippen molar-refractivity contribution in [3.63, 3.8) is 0 Å². The van der Waals surface area contributed by atoms with Crippen molar-refractivity contribution in [2.24, 2.45) is 5.73 Å². The zero-order valence-electron chi connectivity index (χ0n) is 12.6. The van der Waals surface area contributed by atoms with Gasteiger partial charge in [0.25, 0.3) is 0 Å². The molecule has 1 aromatic rings. The quantitative estimate of drug-likeness (QED) is 0.888. The van der Waals surface area contributed by atoms with Crippen LogP contribution in [0, 0.1) is 0 Å². The monoisotopic (exact) mass is 310 g/mol. The van der Waals surface area contributed by atoms with Gasteiger partial charge in [0.1, 0.15) is 0 Å². The largest absolute Gasteiger partial charge is 0.324 e. The van der Waals surface area contributed by atoms with Crippen LogP contribution in [0.2, 0.25) is 0 Å². The summed E-state index contributed by atoms with van der Waals surface area (Å²) in [5.74, 6) is -0.258. The first-order valence-electron chi connectivity index (χ1n) is 6.95. The van der Waals surface area contributed by atoms with Gasteiger partial charge in [-0.2, -0.15) is 0 Å². The highest BCUT2D eigenvalue weighted by atomic mass is 32.2. The lowest BCUT2D eigenvalue weighted by Crippen LogP contribution is -2.37. The normalized spacial score (nSPS) is 17.3. The van der Waals surface area contributed by atoms with E-state index in [2.05, 4.69) is 5.32 Å². The molecule has 1 fully saturated rings. The minimum absolute atomic E-state index is 0.0476. The molecule has 21 heavy (non-hydrogen) atoms. The van der Waals surface area contributed by atoms with Gasteiger partial charge >= 0.3 is 0 Å². The molecule has 0 atom stereocenters. The molecule has 6 heteroatoms. The molecule has 3 N–H and O–H groups in total. The molecule has 116 valence electrons. The fourth-order valence-corrected chi connectivity index (χ4v) is 2.84. The summed E-state index contributed by atoms with van der Waals surface area (Å²) in [5.41, 5.74) is 6.32. The Hall–Kier alpha value is -1.40. The van der Waals surface area contributed by atoms with Crippen LogP contribution in [-0.2, 0) is 20.4 Å². The van der Waals surface area contributed by atoms with Gasteiger partial charge in [0.05, 0.1) is 16.0 Å². The second kappa shape index (κ2) is 5.10. The van der Waals surface area contributed by atoms with Crippen LogP contribution in [0.25, 0.3) is 0 Å². The summed E-state index contributed by atoms with van der Waals surface area (Å²) in [6.45, 7) is 5.04. The van der Waals surface area contributed by atoms with Gasteiger partial charge in [0, 0.05) is 5.69 Å². The summed E-state index contributed by atoms with van der Waals surface area (Å²) in [7, 11) is -3.25. The molecular weight excluding hydrogens is 288 g/mol. The lowest BCUT2D eigenvalue weighted by Gasteiger charge is -2.19. The number of hydrogen-bond donors (Lipinski definition) is 2. The molecule has 1 aliphatic rings. The number of carbonyl (C=O) groups is 1. The van der Waals surface area contributed by atoms with Crippen LogP contribution in [0.5, 0.6) is 0 Å². The maximum Gasteiger partial charge on any atom is 0.244 e. The molecule has 0 saturated heterocycles. The highest BCUT2D eigenvalue weighted by Gasteiger charge is 2.45. The van der Waals surface area contributed by atoms with Gasteiger partial charge in [0.2, 0.25) is 5.91 Å².